The van der Waals surface area contributed by atoms with E-state index in [4.69, 9.17) is 0 Å². The fourth-order valence-corrected chi connectivity index (χ4v) is 4.49. The molecule has 4 rings (SSSR count). The Morgan fingerprint density at radius 1 is 0.893 bits per heavy atom. The van der Waals surface area contributed by atoms with Crippen molar-refractivity contribution in [3.05, 3.63) is 89.7 Å². The molecule has 0 aliphatic carbocycles. The Bertz CT molecular complexity index is 1250. The Kier molecular flexibility index (Phi) is 4.65. The summed E-state index contributed by atoms with van der Waals surface area (Å²) >= 11 is 0. The molecular formula is C22H21N3O2S. The van der Waals surface area contributed by atoms with Crippen LogP contribution in [0.5, 0.6) is 0 Å². The predicted octanol–water partition coefficient (Wildman–Crippen LogP) is 4.50. The normalized spacial score (nSPS) is 11.6. The molecule has 6 heteroatoms. The van der Waals surface area contributed by atoms with Gasteiger partial charge in [-0.3, -0.25) is 9.40 Å². The molecule has 1 N–H and O–H groups in total. The first-order valence-corrected chi connectivity index (χ1v) is 10.5. The van der Waals surface area contributed by atoms with Crippen molar-refractivity contribution in [1.82, 2.24) is 9.78 Å². The lowest BCUT2D eigenvalue weighted by molar-refractivity contribution is 0.601. The highest BCUT2D eigenvalue weighted by atomic mass is 32.2. The topological polar surface area (TPSA) is 64.0 Å². The molecule has 1 aromatic heterocycles. The van der Waals surface area contributed by atoms with E-state index in [1.54, 1.807) is 12.1 Å². The molecule has 0 bridgehead atoms. The number of nitrogens with zero attached hydrogens (tertiary/aromatic N) is 2. The number of benzene rings is 3. The van der Waals surface area contributed by atoms with Gasteiger partial charge in [-0.05, 0) is 42.3 Å². The highest BCUT2D eigenvalue weighted by molar-refractivity contribution is 7.92. The van der Waals surface area contributed by atoms with Crippen molar-refractivity contribution in [2.24, 2.45) is 0 Å². The average molecular weight is 391 g/mol. The zero-order valence-corrected chi connectivity index (χ0v) is 16.6. The monoisotopic (exact) mass is 391 g/mol. The van der Waals surface area contributed by atoms with Crippen LogP contribution < -0.4 is 4.72 Å². The van der Waals surface area contributed by atoms with E-state index < -0.39 is 10.0 Å². The van der Waals surface area contributed by atoms with Crippen LogP contribution in [0.4, 0.5) is 5.69 Å². The summed E-state index contributed by atoms with van der Waals surface area (Å²) in [6.45, 7) is 4.28. The molecule has 0 saturated carbocycles. The van der Waals surface area contributed by atoms with Crippen LogP contribution in [0.3, 0.4) is 0 Å². The summed E-state index contributed by atoms with van der Waals surface area (Å²) in [5.41, 5.74) is 3.07. The lowest BCUT2D eigenvalue weighted by atomic mass is 10.1. The number of sulfonamides is 1. The summed E-state index contributed by atoms with van der Waals surface area (Å²) in [6.07, 6.45) is 0. The van der Waals surface area contributed by atoms with E-state index in [1.165, 1.54) is 0 Å². The van der Waals surface area contributed by atoms with Crippen LogP contribution in [-0.4, -0.2) is 18.2 Å². The lowest BCUT2D eigenvalue weighted by Gasteiger charge is -2.10. The Balaban J connectivity index is 1.65. The molecule has 0 aliphatic rings. The number of hydrogen-bond acceptors (Lipinski definition) is 3. The quantitative estimate of drug-likeness (QED) is 0.545. The van der Waals surface area contributed by atoms with E-state index in [0.29, 0.717) is 17.9 Å². The molecule has 28 heavy (non-hydrogen) atoms. The van der Waals surface area contributed by atoms with Crippen LogP contribution >= 0.6 is 0 Å². The predicted molar refractivity (Wildman–Crippen MR) is 112 cm³/mol. The molecule has 0 unspecified atom stereocenters. The molecule has 0 atom stereocenters. The van der Waals surface area contributed by atoms with Gasteiger partial charge in [0, 0.05) is 0 Å². The molecule has 1 heterocycles. The highest BCUT2D eigenvalue weighted by Gasteiger charge is 2.20. The van der Waals surface area contributed by atoms with Crippen molar-refractivity contribution in [3.63, 3.8) is 0 Å². The van der Waals surface area contributed by atoms with Crippen molar-refractivity contribution >= 4 is 26.5 Å². The second-order valence-corrected chi connectivity index (χ2v) is 8.49. The van der Waals surface area contributed by atoms with E-state index in [9.17, 15) is 8.42 Å². The van der Waals surface area contributed by atoms with Crippen LogP contribution in [0, 0.1) is 13.8 Å². The van der Waals surface area contributed by atoms with Gasteiger partial charge in [0.1, 0.15) is 0 Å². The zero-order chi connectivity index (χ0) is 19.7. The van der Waals surface area contributed by atoms with Crippen LogP contribution in [0.15, 0.2) is 77.7 Å². The summed E-state index contributed by atoms with van der Waals surface area (Å²) in [5, 5.41) is 6.41. The molecule has 0 saturated heterocycles. The SMILES string of the molecule is Cc1nn(Cc2ccccc2)c(C)c1NS(=O)(=O)c1ccc2ccccc2c1. The first-order valence-electron chi connectivity index (χ1n) is 9.03. The fraction of sp³-hybridized carbons (Fsp3) is 0.136. The molecule has 3 aromatic carbocycles. The van der Waals surface area contributed by atoms with E-state index >= 15 is 0 Å². The lowest BCUT2D eigenvalue weighted by Crippen LogP contribution is -2.14. The summed E-state index contributed by atoms with van der Waals surface area (Å²) in [4.78, 5) is 0.237. The third kappa shape index (κ3) is 3.51. The summed E-state index contributed by atoms with van der Waals surface area (Å²) < 4.78 is 30.5. The number of anilines is 1. The van der Waals surface area contributed by atoms with Crippen molar-refractivity contribution in [3.8, 4) is 0 Å². The maximum absolute atomic E-state index is 13.0. The molecule has 0 fully saturated rings. The fourth-order valence-electron chi connectivity index (χ4n) is 3.28. The molecule has 0 aliphatic heterocycles. The summed E-state index contributed by atoms with van der Waals surface area (Å²) in [7, 11) is -3.71. The van der Waals surface area contributed by atoms with Crippen molar-refractivity contribution in [2.45, 2.75) is 25.3 Å². The zero-order valence-electron chi connectivity index (χ0n) is 15.8. The summed E-state index contributed by atoms with van der Waals surface area (Å²) in [5.74, 6) is 0. The minimum atomic E-state index is -3.71. The first-order chi connectivity index (χ1) is 13.4. The highest BCUT2D eigenvalue weighted by Crippen LogP contribution is 2.25. The van der Waals surface area contributed by atoms with Gasteiger partial charge in [0.2, 0.25) is 0 Å². The Hall–Kier alpha value is -3.12. The summed E-state index contributed by atoms with van der Waals surface area (Å²) in [6, 6.07) is 22.8. The molecular weight excluding hydrogens is 370 g/mol. The van der Waals surface area contributed by atoms with E-state index in [-0.39, 0.29) is 4.90 Å². The molecule has 0 spiro atoms. The van der Waals surface area contributed by atoms with Gasteiger partial charge in [-0.15, -0.1) is 0 Å². The third-order valence-electron chi connectivity index (χ3n) is 4.82. The van der Waals surface area contributed by atoms with Crippen molar-refractivity contribution in [1.29, 1.82) is 0 Å². The van der Waals surface area contributed by atoms with Gasteiger partial charge in [-0.2, -0.15) is 5.10 Å². The number of aromatic nitrogens is 2. The second-order valence-electron chi connectivity index (χ2n) is 6.80. The maximum Gasteiger partial charge on any atom is 0.262 e. The van der Waals surface area contributed by atoms with Crippen molar-refractivity contribution in [2.75, 3.05) is 4.72 Å². The minimum Gasteiger partial charge on any atom is -0.276 e. The number of nitrogens with one attached hydrogen (secondary N) is 1. The van der Waals surface area contributed by atoms with Crippen LogP contribution in [0.25, 0.3) is 10.8 Å². The van der Waals surface area contributed by atoms with Crippen LogP contribution in [0.1, 0.15) is 17.0 Å². The van der Waals surface area contributed by atoms with Crippen LogP contribution in [0.2, 0.25) is 0 Å². The molecule has 5 nitrogen and oxygen atoms in total. The smallest absolute Gasteiger partial charge is 0.262 e. The first kappa shape index (κ1) is 18.3. The Labute approximate surface area is 164 Å². The van der Waals surface area contributed by atoms with Crippen LogP contribution in [-0.2, 0) is 16.6 Å². The third-order valence-corrected chi connectivity index (χ3v) is 6.17. The second kappa shape index (κ2) is 7.13. The molecule has 0 amide bonds. The largest absolute Gasteiger partial charge is 0.276 e. The van der Waals surface area contributed by atoms with E-state index in [0.717, 1.165) is 22.0 Å². The van der Waals surface area contributed by atoms with Gasteiger partial charge in [0.25, 0.3) is 10.0 Å². The average Bonchev–Trinajstić information content (AvgIpc) is 2.95. The van der Waals surface area contributed by atoms with Gasteiger partial charge in [-0.1, -0.05) is 60.7 Å². The molecule has 4 aromatic rings. The van der Waals surface area contributed by atoms with Gasteiger partial charge in [-0.25, -0.2) is 8.42 Å². The number of aryl methyl sites for hydroxylation is 1. The van der Waals surface area contributed by atoms with E-state index in [1.807, 2.05) is 79.2 Å². The molecule has 0 radical (unpaired) electrons. The van der Waals surface area contributed by atoms with E-state index in [2.05, 4.69) is 9.82 Å². The van der Waals surface area contributed by atoms with Crippen molar-refractivity contribution < 1.29 is 8.42 Å². The molecule has 142 valence electrons. The maximum atomic E-state index is 13.0. The standard InChI is InChI=1S/C22H21N3O2S/c1-16-22(17(2)25(23-16)15-18-8-4-3-5-9-18)24-28(26,27)21-13-12-19-10-6-7-11-20(19)14-21/h3-14,24H,15H2,1-2H3. The number of fused-ring (bicyclic) bond motifs is 1. The Morgan fingerprint density at radius 2 is 1.57 bits per heavy atom. The van der Waals surface area contributed by atoms with Gasteiger partial charge >= 0.3 is 0 Å². The van der Waals surface area contributed by atoms with Gasteiger partial charge in [0.05, 0.1) is 28.5 Å². The number of rotatable bonds is 5. The minimum absolute atomic E-state index is 0.237. The van der Waals surface area contributed by atoms with Gasteiger partial charge < -0.3 is 0 Å². The Morgan fingerprint density at radius 3 is 2.32 bits per heavy atom. The van der Waals surface area contributed by atoms with Gasteiger partial charge in [0.15, 0.2) is 0 Å². The number of hydrogen-bond donors (Lipinski definition) is 1.